The number of para-hydroxylation sites is 2. The van der Waals surface area contributed by atoms with Crippen LogP contribution in [0.4, 0.5) is 17.1 Å². The molecule has 0 bridgehead atoms. The lowest BCUT2D eigenvalue weighted by molar-refractivity contribution is 0.809. The van der Waals surface area contributed by atoms with Crippen LogP contribution < -0.4 is 4.90 Å². The van der Waals surface area contributed by atoms with Gasteiger partial charge in [-0.3, -0.25) is 0 Å². The Morgan fingerprint density at radius 1 is 0.320 bits per heavy atom. The van der Waals surface area contributed by atoms with Gasteiger partial charge in [-0.15, -0.1) is 0 Å². The highest BCUT2D eigenvalue weighted by atomic mass is 15.1. The van der Waals surface area contributed by atoms with Crippen LogP contribution in [-0.4, -0.2) is 0 Å². The lowest BCUT2D eigenvalue weighted by atomic mass is 9.68. The van der Waals surface area contributed by atoms with E-state index in [9.17, 15) is 0 Å². The largest absolute Gasteiger partial charge is 0.310 e. The molecule has 0 atom stereocenters. The zero-order chi connectivity index (χ0) is 32.8. The molecule has 232 valence electrons. The van der Waals surface area contributed by atoms with Crippen molar-refractivity contribution in [3.05, 3.63) is 210 Å². The fourth-order valence-electron chi connectivity index (χ4n) is 9.43. The number of nitrogens with zero attached hydrogens (tertiary/aromatic N) is 1. The van der Waals surface area contributed by atoms with Gasteiger partial charge in [-0.1, -0.05) is 158 Å². The molecule has 0 radical (unpaired) electrons. The molecular formula is C49H31N. The van der Waals surface area contributed by atoms with Crippen molar-refractivity contribution in [3.8, 4) is 22.3 Å². The van der Waals surface area contributed by atoms with Gasteiger partial charge in [0.2, 0.25) is 0 Å². The number of hydrogen-bond acceptors (Lipinski definition) is 1. The third kappa shape index (κ3) is 3.46. The number of rotatable bonds is 3. The molecule has 11 rings (SSSR count). The van der Waals surface area contributed by atoms with E-state index in [4.69, 9.17) is 0 Å². The van der Waals surface area contributed by atoms with E-state index in [0.29, 0.717) is 0 Å². The summed E-state index contributed by atoms with van der Waals surface area (Å²) in [7, 11) is 0. The van der Waals surface area contributed by atoms with Crippen molar-refractivity contribution >= 4 is 49.4 Å². The van der Waals surface area contributed by atoms with Crippen LogP contribution in [0, 0.1) is 0 Å². The van der Waals surface area contributed by atoms with Crippen molar-refractivity contribution in [2.24, 2.45) is 0 Å². The van der Waals surface area contributed by atoms with Crippen LogP contribution in [0.15, 0.2) is 188 Å². The molecule has 0 aromatic heterocycles. The van der Waals surface area contributed by atoms with Crippen LogP contribution in [0.2, 0.25) is 0 Å². The molecule has 9 aromatic rings. The van der Waals surface area contributed by atoms with Gasteiger partial charge in [0.05, 0.1) is 11.1 Å². The molecule has 1 spiro atoms. The Morgan fingerprint density at radius 3 is 1.32 bits per heavy atom. The maximum atomic E-state index is 2.51. The molecular weight excluding hydrogens is 603 g/mol. The molecule has 2 aliphatic rings. The second-order valence-electron chi connectivity index (χ2n) is 13.6. The summed E-state index contributed by atoms with van der Waals surface area (Å²) >= 11 is 0. The molecule has 0 unspecified atom stereocenters. The van der Waals surface area contributed by atoms with Crippen LogP contribution in [0.3, 0.4) is 0 Å². The van der Waals surface area contributed by atoms with Crippen molar-refractivity contribution in [1.29, 1.82) is 0 Å². The summed E-state index contributed by atoms with van der Waals surface area (Å²) in [6, 6.07) is 69.7. The van der Waals surface area contributed by atoms with Crippen molar-refractivity contribution in [2.45, 2.75) is 5.41 Å². The molecule has 2 aliphatic carbocycles. The molecule has 0 saturated carbocycles. The second kappa shape index (κ2) is 10.3. The highest BCUT2D eigenvalue weighted by Crippen LogP contribution is 2.67. The van der Waals surface area contributed by atoms with E-state index in [-0.39, 0.29) is 0 Å². The highest BCUT2D eigenvalue weighted by molar-refractivity contribution is 6.22. The fraction of sp³-hybridized carbons (Fsp3) is 0.0204. The molecule has 1 heteroatoms. The normalized spacial score (nSPS) is 13.4. The average Bonchev–Trinajstić information content (AvgIpc) is 3.67. The van der Waals surface area contributed by atoms with Gasteiger partial charge in [-0.2, -0.15) is 0 Å². The van der Waals surface area contributed by atoms with Gasteiger partial charge in [0.15, 0.2) is 0 Å². The number of benzene rings is 9. The van der Waals surface area contributed by atoms with E-state index < -0.39 is 5.41 Å². The van der Waals surface area contributed by atoms with Crippen LogP contribution in [0.25, 0.3) is 54.6 Å². The minimum Gasteiger partial charge on any atom is -0.310 e. The maximum Gasteiger partial charge on any atom is 0.0737 e. The standard InChI is InChI=1S/C49H31N/c1-3-17-32(18-4-1)50(33-19-5-2-6-20-33)45-31-42-46-39-26-10-7-21-34(39)35-22-8-11-27-40(35)48(46)49(47(42)41-28-12-9-25-38(41)45)43-29-15-13-23-36(43)37-24-14-16-30-44(37)49/h1-31H. The summed E-state index contributed by atoms with van der Waals surface area (Å²) in [6.45, 7) is 0. The summed E-state index contributed by atoms with van der Waals surface area (Å²) < 4.78 is 0. The molecule has 0 amide bonds. The van der Waals surface area contributed by atoms with Gasteiger partial charge < -0.3 is 4.90 Å². The van der Waals surface area contributed by atoms with Gasteiger partial charge in [-0.05, 0) is 102 Å². The van der Waals surface area contributed by atoms with E-state index in [0.717, 1.165) is 11.4 Å². The molecule has 0 fully saturated rings. The molecule has 0 N–H and O–H groups in total. The third-order valence-electron chi connectivity index (χ3n) is 11.2. The first-order chi connectivity index (χ1) is 24.9. The summed E-state index contributed by atoms with van der Waals surface area (Å²) in [5.41, 5.74) is 13.7. The SMILES string of the molecule is c1ccc(N(c2ccccc2)c2cc3c(c4ccccc24)C2(c4ccccc4-c4ccccc42)c2c-3c3ccccc3c3ccccc23)cc1. The number of anilines is 3. The Labute approximate surface area is 291 Å². The maximum absolute atomic E-state index is 2.51. The molecule has 50 heavy (non-hydrogen) atoms. The Balaban J connectivity index is 1.40. The lowest BCUT2D eigenvalue weighted by Crippen LogP contribution is -2.26. The van der Waals surface area contributed by atoms with Crippen molar-refractivity contribution in [1.82, 2.24) is 0 Å². The topological polar surface area (TPSA) is 3.24 Å². The fourth-order valence-corrected chi connectivity index (χ4v) is 9.43. The van der Waals surface area contributed by atoms with Crippen LogP contribution in [0.5, 0.6) is 0 Å². The third-order valence-corrected chi connectivity index (χ3v) is 11.2. The smallest absolute Gasteiger partial charge is 0.0737 e. The van der Waals surface area contributed by atoms with Crippen LogP contribution in [-0.2, 0) is 5.41 Å². The highest BCUT2D eigenvalue weighted by Gasteiger charge is 2.54. The Morgan fingerprint density at radius 2 is 0.740 bits per heavy atom. The van der Waals surface area contributed by atoms with Crippen LogP contribution >= 0.6 is 0 Å². The lowest BCUT2D eigenvalue weighted by Gasteiger charge is -2.33. The minimum absolute atomic E-state index is 0.496. The first-order valence-electron chi connectivity index (χ1n) is 17.5. The monoisotopic (exact) mass is 633 g/mol. The van der Waals surface area contributed by atoms with Gasteiger partial charge in [0, 0.05) is 16.8 Å². The van der Waals surface area contributed by atoms with Crippen LogP contribution in [0.1, 0.15) is 22.3 Å². The van der Waals surface area contributed by atoms with Crippen molar-refractivity contribution in [3.63, 3.8) is 0 Å². The molecule has 9 aromatic carbocycles. The summed E-state index contributed by atoms with van der Waals surface area (Å²) in [4.78, 5) is 2.44. The summed E-state index contributed by atoms with van der Waals surface area (Å²) in [6.07, 6.45) is 0. The van der Waals surface area contributed by atoms with Gasteiger partial charge >= 0.3 is 0 Å². The van der Waals surface area contributed by atoms with Gasteiger partial charge in [0.25, 0.3) is 0 Å². The quantitative estimate of drug-likeness (QED) is 0.175. The molecule has 1 nitrogen and oxygen atoms in total. The van der Waals surface area contributed by atoms with E-state index in [1.165, 1.54) is 82.5 Å². The predicted octanol–water partition coefficient (Wildman–Crippen LogP) is 13.0. The first-order valence-corrected chi connectivity index (χ1v) is 17.5. The summed E-state index contributed by atoms with van der Waals surface area (Å²) in [5, 5.41) is 7.73. The van der Waals surface area contributed by atoms with Crippen molar-refractivity contribution in [2.75, 3.05) is 4.90 Å². The Bertz CT molecular complexity index is 2730. The summed E-state index contributed by atoms with van der Waals surface area (Å²) in [5.74, 6) is 0. The van der Waals surface area contributed by atoms with E-state index in [1.54, 1.807) is 0 Å². The predicted molar refractivity (Wildman–Crippen MR) is 210 cm³/mol. The zero-order valence-electron chi connectivity index (χ0n) is 27.3. The Kier molecular flexibility index (Phi) is 5.66. The first kappa shape index (κ1) is 27.5. The minimum atomic E-state index is -0.496. The number of fused-ring (bicyclic) bond motifs is 17. The Hall–Kier alpha value is -6.44. The van der Waals surface area contributed by atoms with Gasteiger partial charge in [-0.25, -0.2) is 0 Å². The van der Waals surface area contributed by atoms with Crippen molar-refractivity contribution < 1.29 is 0 Å². The van der Waals surface area contributed by atoms with E-state index >= 15 is 0 Å². The van der Waals surface area contributed by atoms with E-state index in [2.05, 4.69) is 193 Å². The van der Waals surface area contributed by atoms with Gasteiger partial charge in [0.1, 0.15) is 0 Å². The molecule has 0 heterocycles. The van der Waals surface area contributed by atoms with E-state index in [1.807, 2.05) is 0 Å². The molecule has 0 saturated heterocycles. The average molecular weight is 634 g/mol. The second-order valence-corrected chi connectivity index (χ2v) is 13.6. The zero-order valence-corrected chi connectivity index (χ0v) is 27.3. The molecule has 0 aliphatic heterocycles. The number of hydrogen-bond donors (Lipinski definition) is 0.